The van der Waals surface area contributed by atoms with Crippen LogP contribution in [0.4, 0.5) is 0 Å². The molecule has 7 heteroatoms. The van der Waals surface area contributed by atoms with E-state index in [0.29, 0.717) is 22.1 Å². The molecule has 0 fully saturated rings. The van der Waals surface area contributed by atoms with Crippen molar-refractivity contribution in [1.82, 2.24) is 9.13 Å². The lowest BCUT2D eigenvalue weighted by Gasteiger charge is -2.03. The summed E-state index contributed by atoms with van der Waals surface area (Å²) in [6.07, 6.45) is 1.80. The van der Waals surface area contributed by atoms with Crippen LogP contribution in [0.5, 0.6) is 11.5 Å². The van der Waals surface area contributed by atoms with Gasteiger partial charge in [-0.3, -0.25) is 10.2 Å². The van der Waals surface area contributed by atoms with Gasteiger partial charge in [0.05, 0.1) is 12.2 Å². The van der Waals surface area contributed by atoms with E-state index in [9.17, 15) is 4.79 Å². The summed E-state index contributed by atoms with van der Waals surface area (Å²) < 4.78 is 14.1. The number of benzene rings is 2. The molecule has 0 atom stereocenters. The number of aromatic nitrogens is 2. The molecule has 1 N–H and O–H groups in total. The van der Waals surface area contributed by atoms with E-state index in [1.54, 1.807) is 46.6 Å². The minimum atomic E-state index is -0.0806. The van der Waals surface area contributed by atoms with Crippen molar-refractivity contribution >= 4 is 17.4 Å². The van der Waals surface area contributed by atoms with Crippen molar-refractivity contribution in [3.63, 3.8) is 0 Å². The molecule has 0 aliphatic carbocycles. The highest BCUT2D eigenvalue weighted by Crippen LogP contribution is 2.35. The number of carbonyl (C=O) groups is 1. The molecule has 1 aliphatic heterocycles. The van der Waals surface area contributed by atoms with E-state index >= 15 is 0 Å². The molecule has 1 aliphatic rings. The molecule has 0 amide bonds. The second kappa shape index (κ2) is 6.38. The second-order valence-corrected chi connectivity index (χ2v) is 6.46. The molecule has 1 aromatic heterocycles. The summed E-state index contributed by atoms with van der Waals surface area (Å²) in [5.41, 5.74) is 2.51. The molecule has 0 saturated carbocycles. The average molecular weight is 370 g/mol. The van der Waals surface area contributed by atoms with E-state index in [1.165, 1.54) is 0 Å². The predicted octanol–water partition coefficient (Wildman–Crippen LogP) is 3.24. The van der Waals surface area contributed by atoms with Crippen molar-refractivity contribution < 1.29 is 14.3 Å². The molecule has 3 aromatic rings. The van der Waals surface area contributed by atoms with Crippen LogP contribution in [0.15, 0.2) is 48.7 Å². The number of ether oxygens (including phenoxy) is 2. The zero-order valence-electron chi connectivity index (χ0n) is 14.0. The van der Waals surface area contributed by atoms with Gasteiger partial charge in [0, 0.05) is 29.4 Å². The number of Topliss-reactive ketones (excluding diaryl/α,β-unsaturated/α-hetero) is 1. The van der Waals surface area contributed by atoms with Gasteiger partial charge < -0.3 is 18.6 Å². The fraction of sp³-hybridized carbons (Fsp3) is 0.158. The standard InChI is InChI=1S/C19H16ClN3O3/c1-22-15(13-4-7-17-18(8-13)26-11-25-17)9-23(19(22)21)10-16(24)12-2-5-14(20)6-3-12/h2-9,21H,10-11H2,1H3. The number of hydrogen-bond donors (Lipinski definition) is 1. The van der Waals surface area contributed by atoms with Crippen LogP contribution in [-0.4, -0.2) is 21.7 Å². The number of nitrogens with zero attached hydrogens (tertiary/aromatic N) is 2. The van der Waals surface area contributed by atoms with E-state index in [0.717, 1.165) is 11.3 Å². The number of imidazole rings is 1. The van der Waals surface area contributed by atoms with Crippen molar-refractivity contribution in [2.24, 2.45) is 7.05 Å². The van der Waals surface area contributed by atoms with Gasteiger partial charge in [-0.15, -0.1) is 0 Å². The van der Waals surface area contributed by atoms with Gasteiger partial charge in [0.1, 0.15) is 0 Å². The minimum Gasteiger partial charge on any atom is -0.454 e. The molecule has 0 bridgehead atoms. The Labute approximate surface area is 154 Å². The van der Waals surface area contributed by atoms with Gasteiger partial charge in [0.15, 0.2) is 17.3 Å². The van der Waals surface area contributed by atoms with Crippen LogP contribution < -0.4 is 15.1 Å². The fourth-order valence-electron chi connectivity index (χ4n) is 2.93. The lowest BCUT2D eigenvalue weighted by Crippen LogP contribution is -2.25. The highest BCUT2D eigenvalue weighted by molar-refractivity contribution is 6.30. The molecule has 0 saturated heterocycles. The maximum Gasteiger partial charge on any atom is 0.231 e. The Morgan fingerprint density at radius 3 is 2.65 bits per heavy atom. The van der Waals surface area contributed by atoms with Crippen molar-refractivity contribution in [2.45, 2.75) is 6.54 Å². The first kappa shape index (κ1) is 16.5. The SMILES string of the molecule is Cn1c(-c2ccc3c(c2)OCO3)cn(CC(=O)c2ccc(Cl)cc2)c1=N. The van der Waals surface area contributed by atoms with Gasteiger partial charge in [-0.2, -0.15) is 0 Å². The maximum absolute atomic E-state index is 12.5. The van der Waals surface area contributed by atoms with Crippen molar-refractivity contribution in [3.05, 3.63) is 64.9 Å². The first-order chi connectivity index (χ1) is 12.5. The lowest BCUT2D eigenvalue weighted by atomic mass is 10.1. The van der Waals surface area contributed by atoms with E-state index < -0.39 is 0 Å². The molecule has 2 aromatic carbocycles. The first-order valence-electron chi connectivity index (χ1n) is 8.02. The summed E-state index contributed by atoms with van der Waals surface area (Å²) in [4.78, 5) is 12.5. The van der Waals surface area contributed by atoms with Crippen LogP contribution in [0.3, 0.4) is 0 Å². The third-order valence-corrected chi connectivity index (χ3v) is 4.63. The molecule has 0 radical (unpaired) electrons. The molecule has 2 heterocycles. The van der Waals surface area contributed by atoms with Gasteiger partial charge in [0.25, 0.3) is 0 Å². The summed E-state index contributed by atoms with van der Waals surface area (Å²) in [5, 5.41) is 8.89. The Hall–Kier alpha value is -2.99. The summed E-state index contributed by atoms with van der Waals surface area (Å²) >= 11 is 5.86. The zero-order valence-corrected chi connectivity index (χ0v) is 14.8. The number of nitrogens with one attached hydrogen (secondary N) is 1. The van der Waals surface area contributed by atoms with E-state index in [4.69, 9.17) is 26.5 Å². The van der Waals surface area contributed by atoms with Crippen LogP contribution in [0.2, 0.25) is 5.02 Å². The Morgan fingerprint density at radius 2 is 1.88 bits per heavy atom. The number of hydrogen-bond acceptors (Lipinski definition) is 4. The van der Waals surface area contributed by atoms with Gasteiger partial charge >= 0.3 is 0 Å². The first-order valence-corrected chi connectivity index (χ1v) is 8.40. The third-order valence-electron chi connectivity index (χ3n) is 4.38. The largest absolute Gasteiger partial charge is 0.454 e. The van der Waals surface area contributed by atoms with Gasteiger partial charge in [-0.25, -0.2) is 0 Å². The quantitative estimate of drug-likeness (QED) is 0.718. The number of fused-ring (bicyclic) bond motifs is 1. The second-order valence-electron chi connectivity index (χ2n) is 6.02. The topological polar surface area (TPSA) is 69.2 Å². The molecule has 0 spiro atoms. The van der Waals surface area contributed by atoms with Crippen LogP contribution in [0, 0.1) is 5.41 Å². The van der Waals surface area contributed by atoms with Gasteiger partial charge in [0.2, 0.25) is 12.4 Å². The molecular weight excluding hydrogens is 354 g/mol. The fourth-order valence-corrected chi connectivity index (χ4v) is 3.05. The van der Waals surface area contributed by atoms with E-state index in [-0.39, 0.29) is 24.7 Å². The summed E-state index contributed by atoms with van der Waals surface area (Å²) in [6.45, 7) is 0.296. The van der Waals surface area contributed by atoms with Crippen molar-refractivity contribution in [3.8, 4) is 22.8 Å². The number of halogens is 1. The van der Waals surface area contributed by atoms with Crippen LogP contribution >= 0.6 is 11.6 Å². The molecule has 4 rings (SSSR count). The maximum atomic E-state index is 12.5. The average Bonchev–Trinajstić information content (AvgIpc) is 3.21. The Bertz CT molecular complexity index is 1050. The Balaban J connectivity index is 1.65. The molecular formula is C19H16ClN3O3. The number of rotatable bonds is 4. The van der Waals surface area contributed by atoms with Crippen LogP contribution in [0.1, 0.15) is 10.4 Å². The molecule has 132 valence electrons. The Morgan fingerprint density at radius 1 is 1.15 bits per heavy atom. The lowest BCUT2D eigenvalue weighted by molar-refractivity contribution is 0.0970. The normalized spacial score (nSPS) is 12.4. The van der Waals surface area contributed by atoms with E-state index in [2.05, 4.69) is 0 Å². The predicted molar refractivity (Wildman–Crippen MR) is 96.6 cm³/mol. The van der Waals surface area contributed by atoms with Gasteiger partial charge in [-0.1, -0.05) is 11.6 Å². The van der Waals surface area contributed by atoms with Crippen LogP contribution in [-0.2, 0) is 13.6 Å². The number of ketones is 1. The molecule has 26 heavy (non-hydrogen) atoms. The molecule has 6 nitrogen and oxygen atoms in total. The summed E-state index contributed by atoms with van der Waals surface area (Å²) in [7, 11) is 1.80. The monoisotopic (exact) mass is 369 g/mol. The Kier molecular flexibility index (Phi) is 4.05. The van der Waals surface area contributed by atoms with Crippen LogP contribution in [0.25, 0.3) is 11.3 Å². The van der Waals surface area contributed by atoms with Gasteiger partial charge in [-0.05, 0) is 42.5 Å². The molecule has 0 unspecified atom stereocenters. The highest BCUT2D eigenvalue weighted by Gasteiger charge is 2.17. The van der Waals surface area contributed by atoms with Crippen molar-refractivity contribution in [1.29, 1.82) is 5.41 Å². The highest BCUT2D eigenvalue weighted by atomic mass is 35.5. The van der Waals surface area contributed by atoms with E-state index in [1.807, 2.05) is 18.2 Å². The third kappa shape index (κ3) is 2.88. The number of carbonyl (C=O) groups excluding carboxylic acids is 1. The zero-order chi connectivity index (χ0) is 18.3. The minimum absolute atomic E-state index is 0.0806. The summed E-state index contributed by atoms with van der Waals surface area (Å²) in [5.74, 6) is 1.31. The smallest absolute Gasteiger partial charge is 0.231 e. The summed E-state index contributed by atoms with van der Waals surface area (Å²) in [6, 6.07) is 12.4. The van der Waals surface area contributed by atoms with Crippen molar-refractivity contribution in [2.75, 3.05) is 6.79 Å².